The normalized spacial score (nSPS) is 16.4. The van der Waals surface area contributed by atoms with Crippen LogP contribution in [-0.4, -0.2) is 35.3 Å². The molecule has 28 heavy (non-hydrogen) atoms. The Bertz CT molecular complexity index is 896. The third kappa shape index (κ3) is 4.93. The van der Waals surface area contributed by atoms with Gasteiger partial charge in [0.1, 0.15) is 5.69 Å². The molecule has 1 amide bonds. The smallest absolute Gasteiger partial charge is 0.271 e. The minimum atomic E-state index is -0.234. The molecule has 1 aliphatic rings. The van der Waals surface area contributed by atoms with Crippen molar-refractivity contribution >= 4 is 23.2 Å². The van der Waals surface area contributed by atoms with E-state index in [-0.39, 0.29) is 17.2 Å². The fraction of sp³-hybridized carbons (Fsp3) is 0.476. The number of aromatic nitrogens is 2. The van der Waals surface area contributed by atoms with Gasteiger partial charge in [0.15, 0.2) is 0 Å². The lowest BCUT2D eigenvalue weighted by molar-refractivity contribution is 0.0940. The third-order valence-electron chi connectivity index (χ3n) is 5.17. The molecule has 1 N–H and O–H groups in total. The Balaban J connectivity index is 1.57. The minimum Gasteiger partial charge on any atom is -0.371 e. The van der Waals surface area contributed by atoms with Crippen LogP contribution in [0.25, 0.3) is 0 Å². The zero-order valence-corrected chi connectivity index (χ0v) is 17.2. The highest BCUT2D eigenvalue weighted by molar-refractivity contribution is 6.30. The fourth-order valence-corrected chi connectivity index (χ4v) is 3.67. The van der Waals surface area contributed by atoms with E-state index in [4.69, 9.17) is 11.6 Å². The number of benzene rings is 1. The Labute approximate surface area is 170 Å². The Morgan fingerprint density at radius 2 is 2.14 bits per heavy atom. The number of hydrogen-bond acceptors (Lipinski definition) is 4. The molecule has 150 valence electrons. The number of hydrogen-bond donors (Lipinski definition) is 1. The summed E-state index contributed by atoms with van der Waals surface area (Å²) in [6.45, 7) is 7.09. The minimum absolute atomic E-state index is 0.173. The van der Waals surface area contributed by atoms with Gasteiger partial charge in [-0.15, -0.1) is 0 Å². The molecule has 0 saturated carbocycles. The number of halogens is 1. The van der Waals surface area contributed by atoms with Gasteiger partial charge in [-0.05, 0) is 49.4 Å². The summed E-state index contributed by atoms with van der Waals surface area (Å²) in [6, 6.07) is 8.85. The summed E-state index contributed by atoms with van der Waals surface area (Å²) in [6.07, 6.45) is 2.84. The van der Waals surface area contributed by atoms with Gasteiger partial charge in [-0.25, -0.2) is 4.68 Å². The highest BCUT2D eigenvalue weighted by Crippen LogP contribution is 2.29. The summed E-state index contributed by atoms with van der Waals surface area (Å²) < 4.78 is 1.37. The lowest BCUT2D eigenvalue weighted by Gasteiger charge is -2.21. The van der Waals surface area contributed by atoms with Crippen LogP contribution in [0.3, 0.4) is 0 Å². The summed E-state index contributed by atoms with van der Waals surface area (Å²) in [5.41, 5.74) is 2.48. The van der Waals surface area contributed by atoms with Gasteiger partial charge < -0.3 is 10.2 Å². The molecule has 0 aliphatic carbocycles. The Morgan fingerprint density at radius 1 is 1.32 bits per heavy atom. The number of anilines is 1. The lowest BCUT2D eigenvalue weighted by atomic mass is 10.1. The van der Waals surface area contributed by atoms with E-state index in [9.17, 15) is 9.59 Å². The summed E-state index contributed by atoms with van der Waals surface area (Å²) in [5.74, 6) is 0.135. The van der Waals surface area contributed by atoms with Gasteiger partial charge in [0.25, 0.3) is 11.5 Å². The largest absolute Gasteiger partial charge is 0.371 e. The van der Waals surface area contributed by atoms with Crippen molar-refractivity contribution in [2.24, 2.45) is 5.92 Å². The van der Waals surface area contributed by atoms with Crippen LogP contribution >= 0.6 is 11.6 Å². The van der Waals surface area contributed by atoms with Crippen molar-refractivity contribution < 1.29 is 4.79 Å². The SMILES string of the molecule is CCCCn1nc(C(=O)NC[C@H]2CCN(c3cc(Cl)ccc3C)C2)ccc1=O. The maximum absolute atomic E-state index is 12.5. The summed E-state index contributed by atoms with van der Waals surface area (Å²) in [4.78, 5) is 26.6. The molecule has 3 rings (SSSR count). The van der Waals surface area contributed by atoms with Crippen LogP contribution in [0.5, 0.6) is 0 Å². The molecule has 0 unspecified atom stereocenters. The molecule has 7 heteroatoms. The van der Waals surface area contributed by atoms with Crippen LogP contribution in [0, 0.1) is 12.8 Å². The monoisotopic (exact) mass is 402 g/mol. The van der Waals surface area contributed by atoms with Crippen molar-refractivity contribution in [2.45, 2.75) is 39.7 Å². The number of carbonyl (C=O) groups is 1. The van der Waals surface area contributed by atoms with Crippen molar-refractivity contribution in [3.63, 3.8) is 0 Å². The molecule has 1 atom stereocenters. The molecule has 0 spiro atoms. The Kier molecular flexibility index (Phi) is 6.73. The predicted molar refractivity (Wildman–Crippen MR) is 112 cm³/mol. The predicted octanol–water partition coefficient (Wildman–Crippen LogP) is 3.26. The second kappa shape index (κ2) is 9.24. The van der Waals surface area contributed by atoms with E-state index in [1.807, 2.05) is 18.2 Å². The van der Waals surface area contributed by atoms with E-state index in [1.54, 1.807) is 0 Å². The molecule has 0 radical (unpaired) electrons. The Morgan fingerprint density at radius 3 is 2.93 bits per heavy atom. The standard InChI is InChI=1S/C21H27ClN4O2/c1-3-4-10-26-20(27)8-7-18(24-26)21(28)23-13-16-9-11-25(14-16)19-12-17(22)6-5-15(19)2/h5-8,12,16H,3-4,9-11,13-14H2,1-2H3,(H,23,28)/t16-/m1/s1. The first-order chi connectivity index (χ1) is 13.5. The van der Waals surface area contributed by atoms with Gasteiger partial charge in [0, 0.05) is 43.0 Å². The first-order valence-electron chi connectivity index (χ1n) is 9.85. The van der Waals surface area contributed by atoms with Crippen LogP contribution in [-0.2, 0) is 6.54 Å². The van der Waals surface area contributed by atoms with Gasteiger partial charge in [0.05, 0.1) is 0 Å². The lowest BCUT2D eigenvalue weighted by Crippen LogP contribution is -2.33. The maximum Gasteiger partial charge on any atom is 0.271 e. The van der Waals surface area contributed by atoms with E-state index in [0.29, 0.717) is 19.0 Å². The highest BCUT2D eigenvalue weighted by atomic mass is 35.5. The molecule has 2 aromatic rings. The van der Waals surface area contributed by atoms with Gasteiger partial charge in [-0.2, -0.15) is 5.10 Å². The number of unbranched alkanes of at least 4 members (excludes halogenated alkanes) is 1. The molecule has 1 aliphatic heterocycles. The third-order valence-corrected chi connectivity index (χ3v) is 5.41. The van der Waals surface area contributed by atoms with E-state index in [2.05, 4.69) is 29.2 Å². The number of nitrogens with one attached hydrogen (secondary N) is 1. The van der Waals surface area contributed by atoms with Gasteiger partial charge in [-0.1, -0.05) is 31.0 Å². The Hall–Kier alpha value is -2.34. The number of carbonyl (C=O) groups excluding carboxylic acids is 1. The number of aryl methyl sites for hydroxylation is 2. The van der Waals surface area contributed by atoms with Crippen LogP contribution in [0.15, 0.2) is 35.1 Å². The number of amides is 1. The average Bonchev–Trinajstić information content (AvgIpc) is 3.16. The molecule has 1 aromatic heterocycles. The topological polar surface area (TPSA) is 67.2 Å². The number of rotatable bonds is 7. The van der Waals surface area contributed by atoms with Crippen molar-refractivity contribution in [3.8, 4) is 0 Å². The molecule has 6 nitrogen and oxygen atoms in total. The van der Waals surface area contributed by atoms with Crippen LogP contribution in [0.2, 0.25) is 5.02 Å². The molecule has 0 bridgehead atoms. The van der Waals surface area contributed by atoms with Crippen molar-refractivity contribution in [1.82, 2.24) is 15.1 Å². The molecular formula is C21H27ClN4O2. The molecule has 1 aromatic carbocycles. The number of nitrogens with zero attached hydrogens (tertiary/aromatic N) is 3. The van der Waals surface area contributed by atoms with Gasteiger partial charge >= 0.3 is 0 Å². The van der Waals surface area contributed by atoms with E-state index >= 15 is 0 Å². The zero-order valence-electron chi connectivity index (χ0n) is 16.4. The van der Waals surface area contributed by atoms with E-state index < -0.39 is 0 Å². The molecule has 2 heterocycles. The van der Waals surface area contributed by atoms with E-state index in [0.717, 1.165) is 43.1 Å². The molecular weight excluding hydrogens is 376 g/mol. The van der Waals surface area contributed by atoms with Gasteiger partial charge in [0.2, 0.25) is 0 Å². The fourth-order valence-electron chi connectivity index (χ4n) is 3.51. The quantitative estimate of drug-likeness (QED) is 0.771. The van der Waals surface area contributed by atoms with Gasteiger partial charge in [-0.3, -0.25) is 9.59 Å². The van der Waals surface area contributed by atoms with Crippen LogP contribution in [0.4, 0.5) is 5.69 Å². The second-order valence-corrected chi connectivity index (χ2v) is 7.81. The van der Waals surface area contributed by atoms with Crippen molar-refractivity contribution in [3.05, 3.63) is 57.0 Å². The zero-order chi connectivity index (χ0) is 20.1. The van der Waals surface area contributed by atoms with Crippen LogP contribution in [0.1, 0.15) is 42.2 Å². The summed E-state index contributed by atoms with van der Waals surface area (Å²) >= 11 is 6.14. The first kappa shape index (κ1) is 20.4. The summed E-state index contributed by atoms with van der Waals surface area (Å²) in [7, 11) is 0. The average molecular weight is 403 g/mol. The highest BCUT2D eigenvalue weighted by Gasteiger charge is 2.24. The summed E-state index contributed by atoms with van der Waals surface area (Å²) in [5, 5.41) is 7.92. The van der Waals surface area contributed by atoms with Crippen LogP contribution < -0.4 is 15.8 Å². The van der Waals surface area contributed by atoms with Crippen molar-refractivity contribution in [2.75, 3.05) is 24.5 Å². The first-order valence-corrected chi connectivity index (χ1v) is 10.2. The molecule has 1 fully saturated rings. The van der Waals surface area contributed by atoms with Crippen molar-refractivity contribution in [1.29, 1.82) is 0 Å². The molecule has 1 saturated heterocycles. The maximum atomic E-state index is 12.5. The second-order valence-electron chi connectivity index (χ2n) is 7.38. The van der Waals surface area contributed by atoms with E-state index in [1.165, 1.54) is 22.4 Å².